The first-order valence-electron chi connectivity index (χ1n) is 9.90. The zero-order chi connectivity index (χ0) is 19.9. The lowest BCUT2D eigenvalue weighted by Crippen LogP contribution is -2.36. The van der Waals surface area contributed by atoms with Gasteiger partial charge >= 0.3 is 0 Å². The summed E-state index contributed by atoms with van der Waals surface area (Å²) in [5, 5.41) is 6.69. The molecule has 0 saturated heterocycles. The number of hydrogen-bond donors (Lipinski definition) is 2. The highest BCUT2D eigenvalue weighted by Gasteiger charge is 2.22. The smallest absolute Gasteiger partial charge is 0.191 e. The number of pyridine rings is 1. The summed E-state index contributed by atoms with van der Waals surface area (Å²) in [7, 11) is 1.77. The molecular weight excluding hydrogens is 364 g/mol. The molecule has 1 aliphatic carbocycles. The quantitative estimate of drug-likeness (QED) is 0.457. The lowest BCUT2D eigenvalue weighted by atomic mass is 10.2. The van der Waals surface area contributed by atoms with Crippen molar-refractivity contribution in [2.45, 2.75) is 25.9 Å². The topological polar surface area (TPSA) is 76.4 Å². The first-order chi connectivity index (χ1) is 14.3. The number of benzene rings is 1. The minimum absolute atomic E-state index is 0.636. The number of guanidine groups is 1. The number of aliphatic imine (C=N–C) groups is 1. The fraction of sp³-hybridized carbons (Fsp3) is 0.318. The molecule has 150 valence electrons. The number of imidazole rings is 1. The zero-order valence-corrected chi connectivity index (χ0v) is 16.6. The highest BCUT2D eigenvalue weighted by Crippen LogP contribution is 2.30. The number of ether oxygens (including phenoxy) is 1. The number of para-hydroxylation sites is 1. The second-order valence-electron chi connectivity index (χ2n) is 7.14. The van der Waals surface area contributed by atoms with Crippen LogP contribution in [0.15, 0.2) is 66.3 Å². The van der Waals surface area contributed by atoms with Gasteiger partial charge in [0.15, 0.2) is 5.96 Å². The standard InChI is InChI=1S/C22H26N6O/c1-23-22(26-13-18-8-9-21(25-12-18)28-11-10-24-16-28)27-14-19-4-2-3-5-20(19)29-15-17-6-7-17/h2-5,8-12,16-17H,6-7,13-15H2,1H3,(H2,23,26,27). The van der Waals surface area contributed by atoms with E-state index in [-0.39, 0.29) is 0 Å². The normalized spacial score (nSPS) is 13.9. The van der Waals surface area contributed by atoms with E-state index in [1.54, 1.807) is 19.6 Å². The van der Waals surface area contributed by atoms with Crippen LogP contribution < -0.4 is 15.4 Å². The van der Waals surface area contributed by atoms with E-state index in [1.807, 2.05) is 47.3 Å². The Balaban J connectivity index is 1.29. The molecule has 2 aromatic heterocycles. The van der Waals surface area contributed by atoms with Gasteiger partial charge in [0.05, 0.1) is 6.61 Å². The highest BCUT2D eigenvalue weighted by atomic mass is 16.5. The van der Waals surface area contributed by atoms with Gasteiger partial charge < -0.3 is 15.4 Å². The fourth-order valence-electron chi connectivity index (χ4n) is 2.94. The summed E-state index contributed by atoms with van der Waals surface area (Å²) in [6.45, 7) is 2.10. The Bertz CT molecular complexity index is 932. The maximum Gasteiger partial charge on any atom is 0.191 e. The Kier molecular flexibility index (Phi) is 6.04. The van der Waals surface area contributed by atoms with Gasteiger partial charge in [-0.05, 0) is 36.5 Å². The van der Waals surface area contributed by atoms with Crippen LogP contribution in [0.2, 0.25) is 0 Å². The van der Waals surface area contributed by atoms with E-state index in [9.17, 15) is 0 Å². The second kappa shape index (κ2) is 9.23. The molecule has 0 radical (unpaired) electrons. The lowest BCUT2D eigenvalue weighted by molar-refractivity contribution is 0.296. The van der Waals surface area contributed by atoms with Gasteiger partial charge in [-0.25, -0.2) is 9.97 Å². The van der Waals surface area contributed by atoms with Gasteiger partial charge in [0.25, 0.3) is 0 Å². The van der Waals surface area contributed by atoms with Crippen molar-refractivity contribution in [2.24, 2.45) is 10.9 Å². The average molecular weight is 390 g/mol. The number of hydrogen-bond acceptors (Lipinski definition) is 4. The SMILES string of the molecule is CN=C(NCc1ccc(-n2ccnc2)nc1)NCc1ccccc1OCC1CC1. The van der Waals surface area contributed by atoms with Crippen LogP contribution in [0.3, 0.4) is 0 Å². The van der Waals surface area contributed by atoms with Crippen LogP contribution in [0, 0.1) is 5.92 Å². The third-order valence-corrected chi connectivity index (χ3v) is 4.85. The molecule has 3 aromatic rings. The van der Waals surface area contributed by atoms with Crippen LogP contribution in [0.5, 0.6) is 5.75 Å². The van der Waals surface area contributed by atoms with Gasteiger partial charge in [0.2, 0.25) is 0 Å². The van der Waals surface area contributed by atoms with E-state index in [2.05, 4.69) is 31.7 Å². The van der Waals surface area contributed by atoms with Crippen LogP contribution in [-0.4, -0.2) is 34.1 Å². The summed E-state index contributed by atoms with van der Waals surface area (Å²) in [4.78, 5) is 12.8. The summed E-state index contributed by atoms with van der Waals surface area (Å²) < 4.78 is 7.86. The van der Waals surface area contributed by atoms with Crippen molar-refractivity contribution in [1.29, 1.82) is 0 Å². The minimum Gasteiger partial charge on any atom is -0.493 e. The molecule has 1 fully saturated rings. The van der Waals surface area contributed by atoms with Crippen molar-refractivity contribution in [3.05, 3.63) is 72.4 Å². The van der Waals surface area contributed by atoms with Gasteiger partial charge in [-0.3, -0.25) is 9.56 Å². The summed E-state index contributed by atoms with van der Waals surface area (Å²) in [5.41, 5.74) is 2.20. The molecule has 7 nitrogen and oxygen atoms in total. The molecule has 0 spiro atoms. The first kappa shape index (κ1) is 19.0. The molecule has 0 bridgehead atoms. The monoisotopic (exact) mass is 390 g/mol. The van der Waals surface area contributed by atoms with E-state index < -0.39 is 0 Å². The first-order valence-corrected chi connectivity index (χ1v) is 9.90. The van der Waals surface area contributed by atoms with Gasteiger partial charge in [0.1, 0.15) is 17.9 Å². The minimum atomic E-state index is 0.636. The van der Waals surface area contributed by atoms with Crippen molar-refractivity contribution >= 4 is 5.96 Å². The summed E-state index contributed by atoms with van der Waals surface area (Å²) in [6, 6.07) is 12.2. The maximum atomic E-state index is 5.98. The molecule has 2 N–H and O–H groups in total. The molecule has 0 unspecified atom stereocenters. The van der Waals surface area contributed by atoms with E-state index in [4.69, 9.17) is 4.74 Å². The molecular formula is C22H26N6O. The Morgan fingerprint density at radius 3 is 2.76 bits per heavy atom. The van der Waals surface area contributed by atoms with Gasteiger partial charge in [0, 0.05) is 44.3 Å². The highest BCUT2D eigenvalue weighted by molar-refractivity contribution is 5.79. The van der Waals surface area contributed by atoms with E-state index in [1.165, 1.54) is 12.8 Å². The molecule has 0 amide bonds. The number of rotatable bonds is 8. The van der Waals surface area contributed by atoms with Crippen molar-refractivity contribution in [3.63, 3.8) is 0 Å². The largest absolute Gasteiger partial charge is 0.493 e. The number of aromatic nitrogens is 3. The lowest BCUT2D eigenvalue weighted by Gasteiger charge is -2.15. The molecule has 1 saturated carbocycles. The fourth-order valence-corrected chi connectivity index (χ4v) is 2.94. The van der Waals surface area contributed by atoms with Crippen molar-refractivity contribution in [3.8, 4) is 11.6 Å². The molecule has 0 aliphatic heterocycles. The van der Waals surface area contributed by atoms with E-state index in [0.717, 1.165) is 41.2 Å². The van der Waals surface area contributed by atoms with Gasteiger partial charge in [-0.2, -0.15) is 0 Å². The Morgan fingerprint density at radius 2 is 2.03 bits per heavy atom. The molecule has 2 heterocycles. The van der Waals surface area contributed by atoms with Crippen molar-refractivity contribution in [1.82, 2.24) is 25.2 Å². The molecule has 29 heavy (non-hydrogen) atoms. The number of nitrogens with one attached hydrogen (secondary N) is 2. The van der Waals surface area contributed by atoms with Crippen LogP contribution in [0.25, 0.3) is 5.82 Å². The summed E-state index contributed by atoms with van der Waals surface area (Å²) in [6.07, 6.45) is 9.78. The summed E-state index contributed by atoms with van der Waals surface area (Å²) >= 11 is 0. The summed E-state index contributed by atoms with van der Waals surface area (Å²) in [5.74, 6) is 3.26. The Hall–Kier alpha value is -3.35. The average Bonchev–Trinajstić information content (AvgIpc) is 3.44. The van der Waals surface area contributed by atoms with Gasteiger partial charge in [-0.15, -0.1) is 0 Å². The van der Waals surface area contributed by atoms with Crippen LogP contribution in [0.1, 0.15) is 24.0 Å². The predicted octanol–water partition coefficient (Wildman–Crippen LogP) is 2.92. The Labute approximate surface area is 170 Å². The van der Waals surface area contributed by atoms with E-state index >= 15 is 0 Å². The third kappa shape index (κ3) is 5.34. The van der Waals surface area contributed by atoms with Crippen LogP contribution >= 0.6 is 0 Å². The zero-order valence-electron chi connectivity index (χ0n) is 16.6. The van der Waals surface area contributed by atoms with Crippen molar-refractivity contribution in [2.75, 3.05) is 13.7 Å². The molecule has 0 atom stereocenters. The number of nitrogens with zero attached hydrogens (tertiary/aromatic N) is 4. The van der Waals surface area contributed by atoms with Crippen LogP contribution in [0.4, 0.5) is 0 Å². The third-order valence-electron chi connectivity index (χ3n) is 4.85. The molecule has 7 heteroatoms. The second-order valence-corrected chi connectivity index (χ2v) is 7.14. The maximum absolute atomic E-state index is 5.98. The van der Waals surface area contributed by atoms with Crippen molar-refractivity contribution < 1.29 is 4.74 Å². The van der Waals surface area contributed by atoms with Crippen LogP contribution in [-0.2, 0) is 13.1 Å². The molecule has 4 rings (SSSR count). The Morgan fingerprint density at radius 1 is 1.17 bits per heavy atom. The molecule has 1 aromatic carbocycles. The predicted molar refractivity (Wildman–Crippen MR) is 113 cm³/mol. The van der Waals surface area contributed by atoms with E-state index in [0.29, 0.717) is 13.1 Å². The van der Waals surface area contributed by atoms with Gasteiger partial charge in [-0.1, -0.05) is 24.3 Å². The molecule has 1 aliphatic rings.